The Balaban J connectivity index is 1.29. The predicted molar refractivity (Wildman–Crippen MR) is 137 cm³/mol. The van der Waals surface area contributed by atoms with E-state index in [4.69, 9.17) is 11.6 Å². The summed E-state index contributed by atoms with van der Waals surface area (Å²) >= 11 is 5.87. The van der Waals surface area contributed by atoms with Crippen molar-refractivity contribution in [2.45, 2.75) is 25.4 Å². The Morgan fingerprint density at radius 2 is 1.80 bits per heavy atom. The number of para-hydroxylation sites is 1. The molecule has 4 aromatic rings. The number of carbonyl (C=O) groups excluding carboxylic acids is 2. The van der Waals surface area contributed by atoms with Gasteiger partial charge in [0, 0.05) is 54.3 Å². The standard InChI is InChI=1S/C26H25ClN6O2/c27-19-5-6-24(29-16-19)31-25(34)17-33-22-4-2-1-3-18(22)15-23(33)26(35)30-20-9-13-32(14-10-20)21-7-11-28-12-8-21/h1-8,11-12,15-16,20H,9-10,13-14,17H2,(H,30,35)(H,29,31,34). The van der Waals surface area contributed by atoms with E-state index < -0.39 is 0 Å². The fraction of sp³-hybridized carbons (Fsp3) is 0.231. The van der Waals surface area contributed by atoms with Crippen molar-refractivity contribution < 1.29 is 9.59 Å². The van der Waals surface area contributed by atoms with Crippen LogP contribution in [0.3, 0.4) is 0 Å². The van der Waals surface area contributed by atoms with Crippen molar-refractivity contribution in [1.82, 2.24) is 19.9 Å². The first-order valence-corrected chi connectivity index (χ1v) is 11.9. The Kier molecular flexibility index (Phi) is 6.63. The summed E-state index contributed by atoms with van der Waals surface area (Å²) in [6.07, 6.45) is 6.75. The second-order valence-corrected chi connectivity index (χ2v) is 8.96. The Morgan fingerprint density at radius 3 is 2.54 bits per heavy atom. The molecule has 3 aromatic heterocycles. The third kappa shape index (κ3) is 5.27. The molecule has 2 amide bonds. The molecule has 8 nitrogen and oxygen atoms in total. The van der Waals surface area contributed by atoms with E-state index in [1.807, 2.05) is 42.5 Å². The number of halogens is 1. The molecule has 0 atom stereocenters. The summed E-state index contributed by atoms with van der Waals surface area (Å²) in [4.78, 5) is 36.6. The first-order valence-electron chi connectivity index (χ1n) is 11.5. The summed E-state index contributed by atoms with van der Waals surface area (Å²) in [5.41, 5.74) is 2.43. The number of anilines is 2. The van der Waals surface area contributed by atoms with Gasteiger partial charge in [-0.25, -0.2) is 4.98 Å². The highest BCUT2D eigenvalue weighted by Gasteiger charge is 2.24. The van der Waals surface area contributed by atoms with Crippen LogP contribution in [0.5, 0.6) is 0 Å². The smallest absolute Gasteiger partial charge is 0.268 e. The lowest BCUT2D eigenvalue weighted by Crippen LogP contribution is -2.45. The van der Waals surface area contributed by atoms with E-state index in [1.165, 1.54) is 6.20 Å². The second-order valence-electron chi connectivity index (χ2n) is 8.52. The molecule has 0 spiro atoms. The van der Waals surface area contributed by atoms with Crippen molar-refractivity contribution in [3.05, 3.63) is 83.9 Å². The van der Waals surface area contributed by atoms with Crippen molar-refractivity contribution in [2.24, 2.45) is 0 Å². The summed E-state index contributed by atoms with van der Waals surface area (Å²) in [6.45, 7) is 1.70. The molecule has 1 fully saturated rings. The predicted octanol–water partition coefficient (Wildman–Crippen LogP) is 4.12. The molecule has 0 aliphatic carbocycles. The third-order valence-corrected chi connectivity index (χ3v) is 6.42. The average Bonchev–Trinajstić information content (AvgIpc) is 3.25. The molecule has 1 aliphatic rings. The number of hydrogen-bond acceptors (Lipinski definition) is 5. The van der Waals surface area contributed by atoms with Crippen LogP contribution in [0.1, 0.15) is 23.3 Å². The number of amides is 2. The number of fused-ring (bicyclic) bond motifs is 1. The molecular weight excluding hydrogens is 464 g/mol. The molecule has 178 valence electrons. The number of carbonyl (C=O) groups is 2. The number of hydrogen-bond donors (Lipinski definition) is 2. The van der Waals surface area contributed by atoms with Crippen LogP contribution in [0.15, 0.2) is 73.2 Å². The van der Waals surface area contributed by atoms with E-state index in [0.29, 0.717) is 16.5 Å². The van der Waals surface area contributed by atoms with Gasteiger partial charge >= 0.3 is 0 Å². The van der Waals surface area contributed by atoms with Crippen LogP contribution < -0.4 is 15.5 Å². The van der Waals surface area contributed by atoms with Gasteiger partial charge < -0.3 is 20.1 Å². The zero-order chi connectivity index (χ0) is 24.2. The van der Waals surface area contributed by atoms with Crippen LogP contribution in [-0.4, -0.2) is 45.5 Å². The normalized spacial score (nSPS) is 14.1. The molecule has 0 bridgehead atoms. The van der Waals surface area contributed by atoms with E-state index in [-0.39, 0.29) is 24.4 Å². The lowest BCUT2D eigenvalue weighted by atomic mass is 10.0. The van der Waals surface area contributed by atoms with Gasteiger partial charge in [-0.2, -0.15) is 0 Å². The van der Waals surface area contributed by atoms with Gasteiger partial charge in [0.25, 0.3) is 5.91 Å². The molecule has 35 heavy (non-hydrogen) atoms. The zero-order valence-electron chi connectivity index (χ0n) is 19.0. The molecule has 1 saturated heterocycles. The third-order valence-electron chi connectivity index (χ3n) is 6.20. The van der Waals surface area contributed by atoms with Crippen molar-refractivity contribution in [1.29, 1.82) is 0 Å². The van der Waals surface area contributed by atoms with E-state index in [9.17, 15) is 9.59 Å². The monoisotopic (exact) mass is 488 g/mol. The molecule has 2 N–H and O–H groups in total. The first-order chi connectivity index (χ1) is 17.1. The molecule has 0 radical (unpaired) electrons. The largest absolute Gasteiger partial charge is 0.371 e. The maximum absolute atomic E-state index is 13.3. The van der Waals surface area contributed by atoms with Crippen molar-refractivity contribution >= 4 is 45.8 Å². The fourth-order valence-electron chi connectivity index (χ4n) is 4.44. The van der Waals surface area contributed by atoms with Gasteiger partial charge in [0.05, 0.1) is 5.02 Å². The van der Waals surface area contributed by atoms with Crippen LogP contribution in [-0.2, 0) is 11.3 Å². The van der Waals surface area contributed by atoms with Gasteiger partial charge in [-0.1, -0.05) is 29.8 Å². The number of nitrogens with one attached hydrogen (secondary N) is 2. The summed E-state index contributed by atoms with van der Waals surface area (Å²) in [5.74, 6) is -0.0512. The quantitative estimate of drug-likeness (QED) is 0.426. The van der Waals surface area contributed by atoms with Crippen molar-refractivity contribution in [2.75, 3.05) is 23.3 Å². The minimum Gasteiger partial charge on any atom is -0.371 e. The number of rotatable bonds is 6. The summed E-state index contributed by atoms with van der Waals surface area (Å²) < 4.78 is 1.75. The van der Waals surface area contributed by atoms with Gasteiger partial charge in [-0.3, -0.25) is 14.6 Å². The highest BCUT2D eigenvalue weighted by molar-refractivity contribution is 6.30. The number of benzene rings is 1. The van der Waals surface area contributed by atoms with Crippen LogP contribution >= 0.6 is 11.6 Å². The Labute approximate surface area is 207 Å². The second kappa shape index (κ2) is 10.1. The van der Waals surface area contributed by atoms with E-state index in [1.54, 1.807) is 29.1 Å². The van der Waals surface area contributed by atoms with Crippen LogP contribution in [0.4, 0.5) is 11.5 Å². The first kappa shape index (κ1) is 22.9. The van der Waals surface area contributed by atoms with E-state index in [2.05, 4.69) is 25.5 Å². The number of piperidine rings is 1. The number of aromatic nitrogens is 3. The minimum atomic E-state index is -0.277. The molecule has 9 heteroatoms. The summed E-state index contributed by atoms with van der Waals surface area (Å²) in [5, 5.41) is 7.34. The Morgan fingerprint density at radius 1 is 1.03 bits per heavy atom. The molecule has 4 heterocycles. The summed E-state index contributed by atoms with van der Waals surface area (Å²) in [6, 6.07) is 16.9. The maximum atomic E-state index is 13.3. The summed E-state index contributed by atoms with van der Waals surface area (Å²) in [7, 11) is 0. The highest BCUT2D eigenvalue weighted by Crippen LogP contribution is 2.22. The van der Waals surface area contributed by atoms with Gasteiger partial charge in [0.1, 0.15) is 18.1 Å². The molecular formula is C26H25ClN6O2. The highest BCUT2D eigenvalue weighted by atomic mass is 35.5. The molecule has 1 aromatic carbocycles. The number of pyridine rings is 2. The van der Waals surface area contributed by atoms with E-state index in [0.717, 1.165) is 42.5 Å². The Bertz CT molecular complexity index is 1330. The molecule has 0 saturated carbocycles. The van der Waals surface area contributed by atoms with Crippen molar-refractivity contribution in [3.8, 4) is 0 Å². The lowest BCUT2D eigenvalue weighted by Gasteiger charge is -2.33. The SMILES string of the molecule is O=C(Cn1c(C(=O)NC2CCN(c3ccncc3)CC2)cc2ccccc21)Nc1ccc(Cl)cn1. The molecule has 5 rings (SSSR count). The molecule has 1 aliphatic heterocycles. The van der Waals surface area contributed by atoms with Gasteiger partial charge in [-0.15, -0.1) is 0 Å². The van der Waals surface area contributed by atoms with Crippen LogP contribution in [0.25, 0.3) is 10.9 Å². The average molecular weight is 489 g/mol. The van der Waals surface area contributed by atoms with Crippen LogP contribution in [0, 0.1) is 0 Å². The van der Waals surface area contributed by atoms with E-state index >= 15 is 0 Å². The van der Waals surface area contributed by atoms with Gasteiger partial charge in [0.2, 0.25) is 5.91 Å². The Hall–Kier alpha value is -3.91. The van der Waals surface area contributed by atoms with Gasteiger partial charge in [0.15, 0.2) is 0 Å². The number of nitrogens with zero attached hydrogens (tertiary/aromatic N) is 4. The fourth-order valence-corrected chi connectivity index (χ4v) is 4.55. The zero-order valence-corrected chi connectivity index (χ0v) is 19.8. The van der Waals surface area contributed by atoms with Gasteiger partial charge in [-0.05, 0) is 49.2 Å². The van der Waals surface area contributed by atoms with Crippen LogP contribution in [0.2, 0.25) is 5.02 Å². The topological polar surface area (TPSA) is 92.2 Å². The molecule has 0 unspecified atom stereocenters. The van der Waals surface area contributed by atoms with Crippen molar-refractivity contribution in [3.63, 3.8) is 0 Å². The maximum Gasteiger partial charge on any atom is 0.268 e. The lowest BCUT2D eigenvalue weighted by molar-refractivity contribution is -0.116. The minimum absolute atomic E-state index is 0.0128.